The topological polar surface area (TPSA) is 35.2 Å². The molecule has 1 aliphatic heterocycles. The summed E-state index contributed by atoms with van der Waals surface area (Å²) in [7, 11) is 0. The third kappa shape index (κ3) is 2.75. The first-order chi connectivity index (χ1) is 9.62. The second kappa shape index (κ2) is 5.69. The lowest BCUT2D eigenvalue weighted by atomic mass is 9.82. The number of benzene rings is 1. The van der Waals surface area contributed by atoms with Crippen molar-refractivity contribution in [2.24, 2.45) is 11.7 Å². The first-order valence-electron chi connectivity index (χ1n) is 7.86. The highest BCUT2D eigenvalue weighted by Crippen LogP contribution is 2.46. The third-order valence-electron chi connectivity index (χ3n) is 5.12. The minimum absolute atomic E-state index is 0.0167. The average molecular weight is 338 g/mol. The number of fused-ring (bicyclic) bond motifs is 1. The van der Waals surface area contributed by atoms with Crippen molar-refractivity contribution in [3.63, 3.8) is 0 Å². The summed E-state index contributed by atoms with van der Waals surface area (Å²) < 4.78 is 7.54. The van der Waals surface area contributed by atoms with E-state index in [0.29, 0.717) is 0 Å². The van der Waals surface area contributed by atoms with Crippen LogP contribution in [0.2, 0.25) is 0 Å². The molecule has 2 N–H and O–H groups in total. The van der Waals surface area contributed by atoms with Crippen molar-refractivity contribution in [2.75, 3.05) is 0 Å². The van der Waals surface area contributed by atoms with Gasteiger partial charge in [0, 0.05) is 22.5 Å². The van der Waals surface area contributed by atoms with Gasteiger partial charge in [0.1, 0.15) is 11.4 Å². The van der Waals surface area contributed by atoms with Crippen LogP contribution in [0.3, 0.4) is 0 Å². The zero-order valence-electron chi connectivity index (χ0n) is 12.2. The predicted octanol–water partition coefficient (Wildman–Crippen LogP) is 4.96. The minimum Gasteiger partial charge on any atom is -0.487 e. The molecule has 0 saturated heterocycles. The normalized spacial score (nSPS) is 33.4. The Morgan fingerprint density at radius 1 is 1.35 bits per heavy atom. The molecule has 1 aromatic rings. The van der Waals surface area contributed by atoms with Gasteiger partial charge in [-0.25, -0.2) is 0 Å². The molecule has 0 amide bonds. The highest BCUT2D eigenvalue weighted by Gasteiger charge is 2.40. The maximum absolute atomic E-state index is 6.47. The molecule has 20 heavy (non-hydrogen) atoms. The molecule has 1 aliphatic carbocycles. The summed E-state index contributed by atoms with van der Waals surface area (Å²) in [5, 5.41) is 0. The fourth-order valence-corrected chi connectivity index (χ4v) is 4.19. The number of hydrogen-bond donors (Lipinski definition) is 1. The first kappa shape index (κ1) is 14.4. The van der Waals surface area contributed by atoms with E-state index in [1.54, 1.807) is 0 Å². The van der Waals surface area contributed by atoms with Crippen LogP contribution in [0.1, 0.15) is 63.5 Å². The Kier molecular flexibility index (Phi) is 4.09. The molecule has 1 heterocycles. The van der Waals surface area contributed by atoms with E-state index in [0.717, 1.165) is 41.0 Å². The van der Waals surface area contributed by atoms with Gasteiger partial charge in [0.15, 0.2) is 0 Å². The van der Waals surface area contributed by atoms with E-state index in [1.165, 1.54) is 25.7 Å². The maximum Gasteiger partial charge on any atom is 0.126 e. The summed E-state index contributed by atoms with van der Waals surface area (Å²) >= 11 is 3.54. The number of nitrogens with two attached hydrogens (primary N) is 1. The van der Waals surface area contributed by atoms with Crippen LogP contribution in [-0.4, -0.2) is 5.60 Å². The quantitative estimate of drug-likeness (QED) is 0.785. The van der Waals surface area contributed by atoms with Gasteiger partial charge in [-0.3, -0.25) is 0 Å². The van der Waals surface area contributed by atoms with E-state index in [9.17, 15) is 0 Å². The van der Waals surface area contributed by atoms with E-state index in [4.69, 9.17) is 10.5 Å². The number of halogens is 1. The van der Waals surface area contributed by atoms with Gasteiger partial charge < -0.3 is 10.5 Å². The zero-order valence-corrected chi connectivity index (χ0v) is 13.8. The lowest BCUT2D eigenvalue weighted by Crippen LogP contribution is -2.42. The summed E-state index contributed by atoms with van der Waals surface area (Å²) in [4.78, 5) is 0. The summed E-state index contributed by atoms with van der Waals surface area (Å²) in [5.41, 5.74) is 7.57. The van der Waals surface area contributed by atoms with Gasteiger partial charge in [0.25, 0.3) is 0 Å². The Bertz CT molecular complexity index is 490. The van der Waals surface area contributed by atoms with E-state index in [1.807, 2.05) is 0 Å². The van der Waals surface area contributed by atoms with Crippen LogP contribution in [0, 0.1) is 5.92 Å². The summed E-state index contributed by atoms with van der Waals surface area (Å²) in [6.07, 6.45) is 8.49. The average Bonchev–Trinajstić information content (AvgIpc) is 2.60. The standard InChI is InChI=1S/C17H24BrNO/c1-2-12-4-3-8-17(9-7-12)11-15(19)14-6-5-13(18)10-16(14)20-17/h5-6,10,12,15H,2-4,7-9,11,19H2,1H3/t12?,15-,17?/m1/s1. The van der Waals surface area contributed by atoms with Gasteiger partial charge in [-0.2, -0.15) is 0 Å². The first-order valence-corrected chi connectivity index (χ1v) is 8.65. The van der Waals surface area contributed by atoms with Crippen molar-refractivity contribution in [1.29, 1.82) is 0 Å². The van der Waals surface area contributed by atoms with E-state index >= 15 is 0 Å². The van der Waals surface area contributed by atoms with Gasteiger partial charge >= 0.3 is 0 Å². The van der Waals surface area contributed by atoms with Gasteiger partial charge in [0.2, 0.25) is 0 Å². The van der Waals surface area contributed by atoms with Crippen LogP contribution in [0.15, 0.2) is 22.7 Å². The molecule has 3 rings (SSSR count). The molecular weight excluding hydrogens is 314 g/mol. The lowest BCUT2D eigenvalue weighted by molar-refractivity contribution is 0.0203. The molecule has 2 nitrogen and oxygen atoms in total. The Labute approximate surface area is 130 Å². The van der Waals surface area contributed by atoms with Crippen LogP contribution in [0.25, 0.3) is 0 Å². The van der Waals surface area contributed by atoms with Gasteiger partial charge in [0.05, 0.1) is 0 Å². The second-order valence-corrected chi connectivity index (χ2v) is 7.40. The Balaban J connectivity index is 1.86. The van der Waals surface area contributed by atoms with Crippen LogP contribution in [-0.2, 0) is 0 Å². The maximum atomic E-state index is 6.47. The fraction of sp³-hybridized carbons (Fsp3) is 0.647. The number of rotatable bonds is 1. The van der Waals surface area contributed by atoms with Crippen molar-refractivity contribution in [2.45, 2.75) is 63.5 Å². The van der Waals surface area contributed by atoms with Gasteiger partial charge in [-0.15, -0.1) is 0 Å². The summed E-state index contributed by atoms with van der Waals surface area (Å²) in [6.45, 7) is 2.31. The monoisotopic (exact) mass is 337 g/mol. The van der Waals surface area contributed by atoms with Crippen molar-refractivity contribution >= 4 is 15.9 Å². The molecule has 0 bridgehead atoms. The summed E-state index contributed by atoms with van der Waals surface area (Å²) in [6, 6.07) is 6.35. The van der Waals surface area contributed by atoms with Crippen molar-refractivity contribution in [1.82, 2.24) is 0 Å². The largest absolute Gasteiger partial charge is 0.487 e. The number of ether oxygens (including phenoxy) is 1. The molecular formula is C17H24BrNO. The molecule has 1 saturated carbocycles. The van der Waals surface area contributed by atoms with Crippen LogP contribution in [0.4, 0.5) is 0 Å². The smallest absolute Gasteiger partial charge is 0.126 e. The van der Waals surface area contributed by atoms with Crippen LogP contribution in [0.5, 0.6) is 5.75 Å². The Morgan fingerprint density at radius 2 is 2.20 bits per heavy atom. The lowest BCUT2D eigenvalue weighted by Gasteiger charge is -2.41. The molecule has 0 radical (unpaired) electrons. The van der Waals surface area contributed by atoms with Crippen molar-refractivity contribution < 1.29 is 4.74 Å². The Morgan fingerprint density at radius 3 is 3.00 bits per heavy atom. The van der Waals surface area contributed by atoms with E-state index in [2.05, 4.69) is 41.1 Å². The molecule has 0 aromatic heterocycles. The van der Waals surface area contributed by atoms with Crippen LogP contribution >= 0.6 is 15.9 Å². The van der Waals surface area contributed by atoms with Crippen LogP contribution < -0.4 is 10.5 Å². The highest BCUT2D eigenvalue weighted by molar-refractivity contribution is 9.10. The zero-order chi connectivity index (χ0) is 14.2. The molecule has 1 spiro atoms. The highest BCUT2D eigenvalue weighted by atomic mass is 79.9. The third-order valence-corrected chi connectivity index (χ3v) is 5.62. The molecule has 1 aromatic carbocycles. The fourth-order valence-electron chi connectivity index (χ4n) is 3.85. The van der Waals surface area contributed by atoms with E-state index in [-0.39, 0.29) is 11.6 Å². The summed E-state index contributed by atoms with van der Waals surface area (Å²) in [5.74, 6) is 1.87. The van der Waals surface area contributed by atoms with Crippen molar-refractivity contribution in [3.8, 4) is 5.75 Å². The predicted molar refractivity (Wildman–Crippen MR) is 85.9 cm³/mol. The van der Waals surface area contributed by atoms with Gasteiger partial charge in [-0.05, 0) is 43.7 Å². The molecule has 3 atom stereocenters. The molecule has 2 aliphatic rings. The number of hydrogen-bond acceptors (Lipinski definition) is 2. The second-order valence-electron chi connectivity index (χ2n) is 6.48. The van der Waals surface area contributed by atoms with E-state index < -0.39 is 0 Å². The minimum atomic E-state index is -0.0167. The Hall–Kier alpha value is -0.540. The molecule has 110 valence electrons. The van der Waals surface area contributed by atoms with Crippen molar-refractivity contribution in [3.05, 3.63) is 28.2 Å². The molecule has 1 fully saturated rings. The van der Waals surface area contributed by atoms with Gasteiger partial charge in [-0.1, -0.05) is 41.8 Å². The molecule has 2 unspecified atom stereocenters. The molecule has 3 heteroatoms. The SMILES string of the molecule is CCC1CCCC2(CC1)C[C@@H](N)c1ccc(Br)cc1O2.